The van der Waals surface area contributed by atoms with Crippen LogP contribution in [0.4, 0.5) is 0 Å². The highest BCUT2D eigenvalue weighted by molar-refractivity contribution is 5.76. The molecule has 1 aromatic carbocycles. The number of carboxylic acids is 1. The normalized spacial score (nSPS) is 10.8. The first-order chi connectivity index (χ1) is 8.95. The molecular formula is C12H14O7. The number of phenols is 2. The fourth-order valence-electron chi connectivity index (χ4n) is 1.31. The smallest absolute Gasteiger partial charge is 0.308 e. The molecule has 7 heteroatoms. The summed E-state index contributed by atoms with van der Waals surface area (Å²) in [6, 6.07) is 3.34. The van der Waals surface area contributed by atoms with Crippen molar-refractivity contribution < 1.29 is 34.8 Å². The highest BCUT2D eigenvalue weighted by atomic mass is 16.6. The van der Waals surface area contributed by atoms with Gasteiger partial charge in [-0.2, -0.15) is 0 Å². The van der Waals surface area contributed by atoms with Crippen molar-refractivity contribution in [1.82, 2.24) is 0 Å². The van der Waals surface area contributed by atoms with Crippen LogP contribution in [0.5, 0.6) is 11.5 Å². The minimum atomic E-state index is -1.06. The molecule has 0 fully saturated rings. The van der Waals surface area contributed by atoms with Crippen LogP contribution in [0.25, 0.3) is 0 Å². The van der Waals surface area contributed by atoms with Gasteiger partial charge in [0.1, 0.15) is 0 Å². The molecule has 0 bridgehead atoms. The number of aliphatic carboxylic acids is 1. The summed E-state index contributed by atoms with van der Waals surface area (Å²) in [6.45, 7) is -0.696. The second-order valence-corrected chi connectivity index (χ2v) is 3.79. The van der Waals surface area contributed by atoms with Gasteiger partial charge in [0, 0.05) is 12.0 Å². The molecule has 0 radical (unpaired) electrons. The summed E-state index contributed by atoms with van der Waals surface area (Å²) in [7, 11) is 0. The summed E-state index contributed by atoms with van der Waals surface area (Å²) >= 11 is 0. The Balaban J connectivity index is 0.000000190. The third-order valence-corrected chi connectivity index (χ3v) is 2.37. The molecule has 0 saturated carbocycles. The van der Waals surface area contributed by atoms with Crippen LogP contribution in [0.3, 0.4) is 0 Å². The predicted octanol–water partition coefficient (Wildman–Crippen LogP) is 0.346. The Bertz CT molecular complexity index is 477. The Labute approximate surface area is 108 Å². The van der Waals surface area contributed by atoms with Crippen LogP contribution in [0, 0.1) is 0 Å². The lowest BCUT2D eigenvalue weighted by Gasteiger charge is -1.96. The Morgan fingerprint density at radius 2 is 1.89 bits per heavy atom. The van der Waals surface area contributed by atoms with E-state index in [1.54, 1.807) is 0 Å². The van der Waals surface area contributed by atoms with E-state index in [2.05, 4.69) is 4.74 Å². The molecule has 0 spiro atoms. The first kappa shape index (κ1) is 14.8. The van der Waals surface area contributed by atoms with Gasteiger partial charge in [-0.3, -0.25) is 9.59 Å². The molecule has 0 unspecified atom stereocenters. The van der Waals surface area contributed by atoms with Crippen molar-refractivity contribution in [3.8, 4) is 11.5 Å². The van der Waals surface area contributed by atoms with E-state index < -0.39 is 18.7 Å². The minimum Gasteiger partial charge on any atom is -0.504 e. The molecule has 0 amide bonds. The Hall–Kier alpha value is -2.28. The number of hydrogen-bond donors (Lipinski definition) is 4. The molecule has 7 nitrogen and oxygen atoms in total. The molecule has 0 atom stereocenters. The molecule has 1 aromatic rings. The Morgan fingerprint density at radius 3 is 2.42 bits per heavy atom. The molecule has 104 valence electrons. The van der Waals surface area contributed by atoms with Crippen molar-refractivity contribution in [2.75, 3.05) is 6.79 Å². The lowest BCUT2D eigenvalue weighted by atomic mass is 10.3. The van der Waals surface area contributed by atoms with Crippen LogP contribution in [0.2, 0.25) is 0 Å². The van der Waals surface area contributed by atoms with Crippen LogP contribution in [-0.4, -0.2) is 39.2 Å². The molecule has 2 rings (SSSR count). The van der Waals surface area contributed by atoms with E-state index in [0.717, 1.165) is 17.5 Å². The number of rotatable bonds is 4. The highest BCUT2D eigenvalue weighted by Crippen LogP contribution is 2.41. The molecule has 0 aromatic heterocycles. The number of fused-ring (bicyclic) bond motifs is 1. The molecule has 1 aliphatic carbocycles. The summed E-state index contributed by atoms with van der Waals surface area (Å²) in [5.41, 5.74) is 2.04. The maximum Gasteiger partial charge on any atom is 0.308 e. The van der Waals surface area contributed by atoms with E-state index in [-0.39, 0.29) is 24.3 Å². The second kappa shape index (κ2) is 6.60. The minimum absolute atomic E-state index is 0.00810. The summed E-state index contributed by atoms with van der Waals surface area (Å²) < 4.78 is 4.05. The van der Waals surface area contributed by atoms with Gasteiger partial charge in [-0.25, -0.2) is 0 Å². The Kier molecular flexibility index (Phi) is 5.13. The van der Waals surface area contributed by atoms with Crippen LogP contribution in [0.15, 0.2) is 12.1 Å². The third kappa shape index (κ3) is 4.84. The summed E-state index contributed by atoms with van der Waals surface area (Å²) in [5, 5.41) is 34.0. The van der Waals surface area contributed by atoms with Crippen LogP contribution in [-0.2, 0) is 20.7 Å². The first-order valence-corrected chi connectivity index (χ1v) is 5.46. The van der Waals surface area contributed by atoms with Gasteiger partial charge in [0.2, 0.25) is 0 Å². The van der Waals surface area contributed by atoms with Gasteiger partial charge in [0.05, 0.1) is 12.8 Å². The van der Waals surface area contributed by atoms with Gasteiger partial charge in [-0.05, 0) is 11.6 Å². The number of carbonyl (C=O) groups is 2. The molecule has 19 heavy (non-hydrogen) atoms. The lowest BCUT2D eigenvalue weighted by molar-refractivity contribution is -0.154. The first-order valence-electron chi connectivity index (χ1n) is 5.46. The van der Waals surface area contributed by atoms with Gasteiger partial charge < -0.3 is 25.2 Å². The average molecular weight is 270 g/mol. The number of aliphatic hydroxyl groups is 1. The fourth-order valence-corrected chi connectivity index (χ4v) is 1.31. The standard InChI is InChI=1S/C7H6O2.C5H8O5/c8-6-2-1-4-3-5(4)7(6)9;6-3-10-5(9)2-1-4(7)8/h1-2,8-9H,3H2;6H,1-3H2,(H,7,8). The van der Waals surface area contributed by atoms with E-state index in [9.17, 15) is 9.59 Å². The van der Waals surface area contributed by atoms with Crippen molar-refractivity contribution in [3.05, 3.63) is 23.3 Å². The zero-order chi connectivity index (χ0) is 14.4. The van der Waals surface area contributed by atoms with Crippen LogP contribution < -0.4 is 0 Å². The van der Waals surface area contributed by atoms with Crippen molar-refractivity contribution in [3.63, 3.8) is 0 Å². The number of esters is 1. The van der Waals surface area contributed by atoms with E-state index in [0.29, 0.717) is 0 Å². The van der Waals surface area contributed by atoms with E-state index >= 15 is 0 Å². The molecule has 0 heterocycles. The lowest BCUT2D eigenvalue weighted by Crippen LogP contribution is -2.07. The predicted molar refractivity (Wildman–Crippen MR) is 62.6 cm³/mol. The van der Waals surface area contributed by atoms with Crippen molar-refractivity contribution in [2.24, 2.45) is 0 Å². The van der Waals surface area contributed by atoms with Gasteiger partial charge in [-0.1, -0.05) is 6.07 Å². The molecular weight excluding hydrogens is 256 g/mol. The maximum atomic E-state index is 10.3. The molecule has 1 aliphatic rings. The van der Waals surface area contributed by atoms with Crippen molar-refractivity contribution in [2.45, 2.75) is 19.3 Å². The summed E-state index contributed by atoms with van der Waals surface area (Å²) in [6.07, 6.45) is 0.376. The van der Waals surface area contributed by atoms with Crippen LogP contribution >= 0.6 is 0 Å². The van der Waals surface area contributed by atoms with Crippen molar-refractivity contribution >= 4 is 11.9 Å². The Morgan fingerprint density at radius 1 is 1.21 bits per heavy atom. The van der Waals surface area contributed by atoms with Gasteiger partial charge >= 0.3 is 11.9 Å². The number of aromatic hydroxyl groups is 2. The van der Waals surface area contributed by atoms with Crippen molar-refractivity contribution in [1.29, 1.82) is 0 Å². The van der Waals surface area contributed by atoms with E-state index in [1.165, 1.54) is 6.07 Å². The maximum absolute atomic E-state index is 10.3. The largest absolute Gasteiger partial charge is 0.504 e. The third-order valence-electron chi connectivity index (χ3n) is 2.37. The van der Waals surface area contributed by atoms with E-state index in [4.69, 9.17) is 20.4 Å². The zero-order valence-corrected chi connectivity index (χ0v) is 10.00. The number of aliphatic hydroxyl groups excluding tert-OH is 1. The number of carboxylic acid groups (broad SMARTS) is 1. The van der Waals surface area contributed by atoms with E-state index in [1.807, 2.05) is 6.07 Å². The zero-order valence-electron chi connectivity index (χ0n) is 10.00. The average Bonchev–Trinajstić information content (AvgIpc) is 3.13. The second-order valence-electron chi connectivity index (χ2n) is 3.79. The topological polar surface area (TPSA) is 124 Å². The fraction of sp³-hybridized carbons (Fsp3) is 0.333. The van der Waals surface area contributed by atoms with Gasteiger partial charge in [-0.15, -0.1) is 0 Å². The summed E-state index contributed by atoms with van der Waals surface area (Å²) in [4.78, 5) is 20.1. The number of carbonyl (C=O) groups excluding carboxylic acids is 1. The number of ether oxygens (including phenoxy) is 1. The molecule has 0 aliphatic heterocycles. The SMILES string of the molecule is O=C(O)CCC(=O)OCO.Oc1ccc2c(c1O)C2. The number of hydrogen-bond acceptors (Lipinski definition) is 6. The number of phenolic OH excluding ortho intramolecular Hbond substituents is 2. The quantitative estimate of drug-likeness (QED) is 0.359. The van der Waals surface area contributed by atoms with Gasteiger partial charge in [0.15, 0.2) is 18.3 Å². The molecule has 4 N–H and O–H groups in total. The van der Waals surface area contributed by atoms with Crippen LogP contribution in [0.1, 0.15) is 24.0 Å². The molecule has 0 saturated heterocycles. The summed E-state index contributed by atoms with van der Waals surface area (Å²) in [5.74, 6) is -1.71. The number of benzene rings is 1. The van der Waals surface area contributed by atoms with Gasteiger partial charge in [0.25, 0.3) is 0 Å². The monoisotopic (exact) mass is 270 g/mol. The highest BCUT2D eigenvalue weighted by Gasteiger charge is 2.22.